The Morgan fingerprint density at radius 1 is 1.14 bits per heavy atom. The Labute approximate surface area is 126 Å². The lowest BCUT2D eigenvalue weighted by molar-refractivity contribution is 0.243. The molecule has 1 unspecified atom stereocenters. The van der Waals surface area contributed by atoms with Gasteiger partial charge in [0.2, 0.25) is 0 Å². The largest absolute Gasteiger partial charge is 0.331 e. The average Bonchev–Trinajstić information content (AvgIpc) is 2.49. The number of hydrogen-bond acceptors (Lipinski definition) is 1. The van der Waals surface area contributed by atoms with Gasteiger partial charge in [-0.25, -0.2) is 4.79 Å². The molecule has 0 saturated carbocycles. The minimum absolute atomic E-state index is 0.0161. The van der Waals surface area contributed by atoms with Crippen LogP contribution in [-0.2, 0) is 0 Å². The van der Waals surface area contributed by atoms with Gasteiger partial charge < -0.3 is 5.32 Å². The SMILES string of the molecule is CCN(C(=O)NC(C)c1ccccc1)c1cccc(C)c1. The van der Waals surface area contributed by atoms with Gasteiger partial charge in [-0.05, 0) is 44.0 Å². The van der Waals surface area contributed by atoms with Crippen LogP contribution in [0, 0.1) is 6.92 Å². The summed E-state index contributed by atoms with van der Waals surface area (Å²) < 4.78 is 0. The summed E-state index contributed by atoms with van der Waals surface area (Å²) in [6, 6.07) is 17.9. The maximum atomic E-state index is 12.5. The average molecular weight is 282 g/mol. The summed E-state index contributed by atoms with van der Waals surface area (Å²) >= 11 is 0. The van der Waals surface area contributed by atoms with Crippen molar-refractivity contribution in [2.24, 2.45) is 0 Å². The number of nitrogens with one attached hydrogen (secondary N) is 1. The Bertz CT molecular complexity index is 595. The molecule has 0 aromatic heterocycles. The zero-order valence-corrected chi connectivity index (χ0v) is 12.8. The number of amides is 2. The molecule has 0 heterocycles. The summed E-state index contributed by atoms with van der Waals surface area (Å²) in [5.74, 6) is 0. The van der Waals surface area contributed by atoms with E-state index in [0.717, 1.165) is 16.8 Å². The summed E-state index contributed by atoms with van der Waals surface area (Å²) in [5.41, 5.74) is 3.18. The van der Waals surface area contributed by atoms with Crippen LogP contribution < -0.4 is 10.2 Å². The third kappa shape index (κ3) is 3.85. The number of rotatable bonds is 4. The van der Waals surface area contributed by atoms with Crippen molar-refractivity contribution in [2.45, 2.75) is 26.8 Å². The Morgan fingerprint density at radius 3 is 2.48 bits per heavy atom. The molecule has 21 heavy (non-hydrogen) atoms. The Kier molecular flexibility index (Phi) is 4.99. The molecule has 0 saturated heterocycles. The summed E-state index contributed by atoms with van der Waals surface area (Å²) in [6.07, 6.45) is 0. The maximum absolute atomic E-state index is 12.5. The van der Waals surface area contributed by atoms with E-state index in [1.165, 1.54) is 0 Å². The van der Waals surface area contributed by atoms with E-state index in [0.29, 0.717) is 6.54 Å². The highest BCUT2D eigenvalue weighted by atomic mass is 16.2. The van der Waals surface area contributed by atoms with E-state index >= 15 is 0 Å². The van der Waals surface area contributed by atoms with Gasteiger partial charge in [-0.3, -0.25) is 4.90 Å². The number of anilines is 1. The summed E-state index contributed by atoms with van der Waals surface area (Å²) in [5, 5.41) is 3.05. The fraction of sp³-hybridized carbons (Fsp3) is 0.278. The van der Waals surface area contributed by atoms with Crippen LogP contribution in [0.15, 0.2) is 54.6 Å². The van der Waals surface area contributed by atoms with Crippen molar-refractivity contribution in [3.63, 3.8) is 0 Å². The molecule has 110 valence electrons. The monoisotopic (exact) mass is 282 g/mol. The molecular formula is C18H22N2O. The van der Waals surface area contributed by atoms with Crippen LogP contribution in [0.4, 0.5) is 10.5 Å². The van der Waals surface area contributed by atoms with Crippen molar-refractivity contribution < 1.29 is 4.79 Å². The van der Waals surface area contributed by atoms with E-state index < -0.39 is 0 Å². The highest BCUT2D eigenvalue weighted by Crippen LogP contribution is 2.17. The molecule has 2 rings (SSSR count). The van der Waals surface area contributed by atoms with Crippen LogP contribution >= 0.6 is 0 Å². The van der Waals surface area contributed by atoms with Gasteiger partial charge in [-0.2, -0.15) is 0 Å². The van der Waals surface area contributed by atoms with E-state index in [4.69, 9.17) is 0 Å². The standard InChI is InChI=1S/C18H22N2O/c1-4-20(17-12-8-9-14(2)13-17)18(21)19-15(3)16-10-6-5-7-11-16/h5-13,15H,4H2,1-3H3,(H,19,21). The third-order valence-electron chi connectivity index (χ3n) is 3.51. The molecule has 0 bridgehead atoms. The highest BCUT2D eigenvalue weighted by Gasteiger charge is 2.16. The van der Waals surface area contributed by atoms with Crippen LogP contribution in [0.5, 0.6) is 0 Å². The first kappa shape index (κ1) is 15.1. The van der Waals surface area contributed by atoms with Crippen LogP contribution in [0.3, 0.4) is 0 Å². The van der Waals surface area contributed by atoms with E-state index in [-0.39, 0.29) is 12.1 Å². The van der Waals surface area contributed by atoms with Crippen LogP contribution in [0.2, 0.25) is 0 Å². The van der Waals surface area contributed by atoms with Crippen molar-refractivity contribution in [3.8, 4) is 0 Å². The Morgan fingerprint density at radius 2 is 1.86 bits per heavy atom. The van der Waals surface area contributed by atoms with Gasteiger partial charge in [-0.1, -0.05) is 42.5 Å². The van der Waals surface area contributed by atoms with Gasteiger partial charge in [0.25, 0.3) is 0 Å². The van der Waals surface area contributed by atoms with Gasteiger partial charge in [0.1, 0.15) is 0 Å². The van der Waals surface area contributed by atoms with Gasteiger partial charge in [0, 0.05) is 12.2 Å². The van der Waals surface area contributed by atoms with Gasteiger partial charge in [0.05, 0.1) is 6.04 Å². The first-order valence-electron chi connectivity index (χ1n) is 7.31. The Hall–Kier alpha value is -2.29. The minimum Gasteiger partial charge on any atom is -0.331 e. The first-order valence-corrected chi connectivity index (χ1v) is 7.31. The smallest absolute Gasteiger partial charge is 0.322 e. The van der Waals surface area contributed by atoms with E-state index in [9.17, 15) is 4.79 Å². The maximum Gasteiger partial charge on any atom is 0.322 e. The molecule has 1 N–H and O–H groups in total. The third-order valence-corrected chi connectivity index (χ3v) is 3.51. The van der Waals surface area contributed by atoms with Crippen LogP contribution in [0.1, 0.15) is 31.0 Å². The first-order chi connectivity index (χ1) is 10.1. The molecule has 1 atom stereocenters. The molecule has 0 aliphatic heterocycles. The fourth-order valence-electron chi connectivity index (χ4n) is 2.33. The normalized spacial score (nSPS) is 11.8. The van der Waals surface area contributed by atoms with Gasteiger partial charge >= 0.3 is 6.03 Å². The van der Waals surface area contributed by atoms with Crippen LogP contribution in [-0.4, -0.2) is 12.6 Å². The summed E-state index contributed by atoms with van der Waals surface area (Å²) in [4.78, 5) is 14.2. The molecule has 0 fully saturated rings. The number of benzene rings is 2. The number of nitrogens with zero attached hydrogens (tertiary/aromatic N) is 1. The Balaban J connectivity index is 2.10. The molecular weight excluding hydrogens is 260 g/mol. The van der Waals surface area contributed by atoms with Gasteiger partial charge in [0.15, 0.2) is 0 Å². The molecule has 0 aliphatic carbocycles. The lowest BCUT2D eigenvalue weighted by Gasteiger charge is -2.24. The number of carbonyl (C=O) groups excluding carboxylic acids is 1. The van der Waals surface area contributed by atoms with E-state index in [1.807, 2.05) is 75.4 Å². The lowest BCUT2D eigenvalue weighted by Crippen LogP contribution is -2.41. The van der Waals surface area contributed by atoms with Crippen molar-refractivity contribution in [3.05, 3.63) is 65.7 Å². The quantitative estimate of drug-likeness (QED) is 0.891. The molecule has 0 spiro atoms. The highest BCUT2D eigenvalue weighted by molar-refractivity contribution is 5.92. The number of urea groups is 1. The molecule has 0 aliphatic rings. The van der Waals surface area contributed by atoms with Crippen molar-refractivity contribution in [2.75, 3.05) is 11.4 Å². The van der Waals surface area contributed by atoms with Gasteiger partial charge in [-0.15, -0.1) is 0 Å². The summed E-state index contributed by atoms with van der Waals surface area (Å²) in [6.45, 7) is 6.64. The zero-order valence-electron chi connectivity index (χ0n) is 12.8. The number of aryl methyl sites for hydroxylation is 1. The molecule has 2 aromatic carbocycles. The molecule has 0 radical (unpaired) electrons. The summed E-state index contributed by atoms with van der Waals surface area (Å²) in [7, 11) is 0. The molecule has 3 heteroatoms. The van der Waals surface area contributed by atoms with Crippen molar-refractivity contribution >= 4 is 11.7 Å². The predicted octanol–water partition coefficient (Wildman–Crippen LogP) is 4.29. The molecule has 2 aromatic rings. The zero-order chi connectivity index (χ0) is 15.2. The molecule has 2 amide bonds. The van der Waals surface area contributed by atoms with Crippen molar-refractivity contribution in [1.82, 2.24) is 5.32 Å². The fourth-order valence-corrected chi connectivity index (χ4v) is 2.33. The van der Waals surface area contributed by atoms with E-state index in [2.05, 4.69) is 5.32 Å². The number of hydrogen-bond donors (Lipinski definition) is 1. The second-order valence-corrected chi connectivity index (χ2v) is 5.17. The van der Waals surface area contributed by atoms with Crippen molar-refractivity contribution in [1.29, 1.82) is 0 Å². The number of carbonyl (C=O) groups is 1. The second kappa shape index (κ2) is 6.93. The van der Waals surface area contributed by atoms with E-state index in [1.54, 1.807) is 4.90 Å². The molecule has 3 nitrogen and oxygen atoms in total. The topological polar surface area (TPSA) is 32.3 Å². The predicted molar refractivity (Wildman–Crippen MR) is 87.6 cm³/mol. The second-order valence-electron chi connectivity index (χ2n) is 5.17. The lowest BCUT2D eigenvalue weighted by atomic mass is 10.1. The van der Waals surface area contributed by atoms with Crippen LogP contribution in [0.25, 0.3) is 0 Å². The minimum atomic E-state index is -0.0700.